The summed E-state index contributed by atoms with van der Waals surface area (Å²) in [7, 11) is 0. The maximum atomic E-state index is 12.0. The standard InChI is InChI=1S/C13H19N3O/c1-13(2)9-16(10-6-4-3-5-7-10)11(8-14)12(17)15-13/h3-7,11H,8-9,14H2,1-2H3,(H,15,17). The van der Waals surface area contributed by atoms with Gasteiger partial charge < -0.3 is 16.0 Å². The number of carbonyl (C=O) groups excluding carboxylic acids is 1. The topological polar surface area (TPSA) is 58.4 Å². The summed E-state index contributed by atoms with van der Waals surface area (Å²) < 4.78 is 0. The molecule has 1 amide bonds. The Balaban J connectivity index is 2.32. The third-order valence-electron chi connectivity index (χ3n) is 3.02. The average Bonchev–Trinajstić information content (AvgIpc) is 2.28. The zero-order valence-electron chi connectivity index (χ0n) is 10.3. The molecule has 0 aliphatic carbocycles. The highest BCUT2D eigenvalue weighted by atomic mass is 16.2. The third kappa shape index (κ3) is 2.42. The largest absolute Gasteiger partial charge is 0.356 e. The zero-order chi connectivity index (χ0) is 12.5. The highest BCUT2D eigenvalue weighted by molar-refractivity contribution is 5.87. The predicted molar refractivity (Wildman–Crippen MR) is 68.9 cm³/mol. The molecule has 1 aliphatic heterocycles. The van der Waals surface area contributed by atoms with Crippen molar-refractivity contribution in [1.29, 1.82) is 0 Å². The number of anilines is 1. The van der Waals surface area contributed by atoms with Crippen molar-refractivity contribution in [3.05, 3.63) is 30.3 Å². The van der Waals surface area contributed by atoms with Gasteiger partial charge in [-0.3, -0.25) is 4.79 Å². The van der Waals surface area contributed by atoms with Crippen LogP contribution >= 0.6 is 0 Å². The van der Waals surface area contributed by atoms with E-state index >= 15 is 0 Å². The van der Waals surface area contributed by atoms with Crippen molar-refractivity contribution in [2.45, 2.75) is 25.4 Å². The summed E-state index contributed by atoms with van der Waals surface area (Å²) in [4.78, 5) is 14.1. The number of nitrogens with zero attached hydrogens (tertiary/aromatic N) is 1. The Hall–Kier alpha value is -1.55. The maximum Gasteiger partial charge on any atom is 0.244 e. The van der Waals surface area contributed by atoms with E-state index in [0.717, 1.165) is 12.2 Å². The summed E-state index contributed by atoms with van der Waals surface area (Å²) in [5, 5.41) is 3.00. The molecule has 1 saturated heterocycles. The van der Waals surface area contributed by atoms with Crippen molar-refractivity contribution in [3.8, 4) is 0 Å². The van der Waals surface area contributed by atoms with Gasteiger partial charge in [0.05, 0.1) is 5.54 Å². The quantitative estimate of drug-likeness (QED) is 0.791. The van der Waals surface area contributed by atoms with Gasteiger partial charge in [-0.1, -0.05) is 18.2 Å². The fourth-order valence-corrected chi connectivity index (χ4v) is 2.26. The van der Waals surface area contributed by atoms with Crippen molar-refractivity contribution < 1.29 is 4.79 Å². The minimum absolute atomic E-state index is 0.00704. The number of rotatable bonds is 2. The van der Waals surface area contributed by atoms with Gasteiger partial charge in [0.2, 0.25) is 5.91 Å². The third-order valence-corrected chi connectivity index (χ3v) is 3.02. The molecular weight excluding hydrogens is 214 g/mol. The molecule has 1 aromatic carbocycles. The van der Waals surface area contributed by atoms with Gasteiger partial charge >= 0.3 is 0 Å². The molecule has 1 aromatic rings. The smallest absolute Gasteiger partial charge is 0.244 e. The van der Waals surface area contributed by atoms with Crippen molar-refractivity contribution >= 4 is 11.6 Å². The fourth-order valence-electron chi connectivity index (χ4n) is 2.26. The molecule has 0 aromatic heterocycles. The lowest BCUT2D eigenvalue weighted by Crippen LogP contribution is -2.66. The number of benzene rings is 1. The van der Waals surface area contributed by atoms with Crippen LogP contribution in [-0.2, 0) is 4.79 Å². The van der Waals surface area contributed by atoms with Crippen LogP contribution in [0.25, 0.3) is 0 Å². The number of nitrogens with one attached hydrogen (secondary N) is 1. The monoisotopic (exact) mass is 233 g/mol. The van der Waals surface area contributed by atoms with Crippen molar-refractivity contribution in [2.24, 2.45) is 5.73 Å². The van der Waals surface area contributed by atoms with Crippen LogP contribution in [0.2, 0.25) is 0 Å². The molecule has 0 spiro atoms. The van der Waals surface area contributed by atoms with Crippen molar-refractivity contribution in [1.82, 2.24) is 5.32 Å². The van der Waals surface area contributed by atoms with Gasteiger partial charge in [0.25, 0.3) is 0 Å². The molecule has 3 N–H and O–H groups in total. The minimum atomic E-state index is -0.273. The van der Waals surface area contributed by atoms with Gasteiger partial charge in [0.15, 0.2) is 0 Å². The van der Waals surface area contributed by atoms with Gasteiger partial charge in [-0.15, -0.1) is 0 Å². The maximum absolute atomic E-state index is 12.0. The SMILES string of the molecule is CC1(C)CN(c2ccccc2)C(CN)C(=O)N1. The van der Waals surface area contributed by atoms with E-state index in [-0.39, 0.29) is 17.5 Å². The zero-order valence-corrected chi connectivity index (χ0v) is 10.3. The number of amides is 1. The second kappa shape index (κ2) is 4.37. The van der Waals surface area contributed by atoms with Crippen LogP contribution in [0, 0.1) is 0 Å². The van der Waals surface area contributed by atoms with E-state index in [1.54, 1.807) is 0 Å². The first kappa shape index (κ1) is 11.9. The Labute approximate surface area is 102 Å². The van der Waals surface area contributed by atoms with Gasteiger partial charge in [0.1, 0.15) is 6.04 Å². The number of nitrogens with two attached hydrogens (primary N) is 1. The highest BCUT2D eigenvalue weighted by Gasteiger charge is 2.37. The molecule has 0 saturated carbocycles. The van der Waals surface area contributed by atoms with Crippen LogP contribution in [-0.4, -0.2) is 30.6 Å². The van der Waals surface area contributed by atoms with E-state index in [0.29, 0.717) is 6.54 Å². The first-order chi connectivity index (χ1) is 8.03. The lowest BCUT2D eigenvalue weighted by molar-refractivity contribution is -0.125. The van der Waals surface area contributed by atoms with E-state index in [1.807, 2.05) is 44.2 Å². The summed E-state index contributed by atoms with van der Waals surface area (Å²) in [6.45, 7) is 5.14. The second-order valence-electron chi connectivity index (χ2n) is 5.09. The van der Waals surface area contributed by atoms with Crippen LogP contribution in [0.4, 0.5) is 5.69 Å². The molecule has 4 nitrogen and oxygen atoms in total. The molecule has 1 atom stereocenters. The average molecular weight is 233 g/mol. The highest BCUT2D eigenvalue weighted by Crippen LogP contribution is 2.23. The Morgan fingerprint density at radius 3 is 2.65 bits per heavy atom. The summed E-state index contributed by atoms with van der Waals surface area (Å²) in [5.41, 5.74) is 6.53. The van der Waals surface area contributed by atoms with Gasteiger partial charge in [-0.05, 0) is 26.0 Å². The first-order valence-corrected chi connectivity index (χ1v) is 5.87. The van der Waals surface area contributed by atoms with E-state index in [1.165, 1.54) is 0 Å². The molecule has 1 heterocycles. The number of carbonyl (C=O) groups is 1. The summed E-state index contributed by atoms with van der Waals surface area (Å²) in [6.07, 6.45) is 0. The Morgan fingerprint density at radius 1 is 1.41 bits per heavy atom. The summed E-state index contributed by atoms with van der Waals surface area (Å²) in [6, 6.07) is 9.67. The number of hydrogen-bond acceptors (Lipinski definition) is 3. The Bertz CT molecular complexity index is 402. The Morgan fingerprint density at radius 2 is 2.06 bits per heavy atom. The van der Waals surface area contributed by atoms with Gasteiger partial charge in [0, 0.05) is 18.8 Å². The number of piperazine rings is 1. The molecule has 17 heavy (non-hydrogen) atoms. The Kier molecular flexibility index (Phi) is 3.07. The fraction of sp³-hybridized carbons (Fsp3) is 0.462. The molecule has 92 valence electrons. The molecule has 4 heteroatoms. The summed E-state index contributed by atoms with van der Waals surface area (Å²) in [5.74, 6) is 0.00704. The van der Waals surface area contributed by atoms with Crippen LogP contribution in [0.1, 0.15) is 13.8 Å². The second-order valence-corrected chi connectivity index (χ2v) is 5.09. The predicted octanol–water partition coefficient (Wildman–Crippen LogP) is 0.729. The number of para-hydroxylation sites is 1. The molecule has 2 rings (SSSR count). The molecular formula is C13H19N3O. The van der Waals surface area contributed by atoms with Crippen LogP contribution in [0.5, 0.6) is 0 Å². The van der Waals surface area contributed by atoms with Crippen molar-refractivity contribution in [3.63, 3.8) is 0 Å². The lowest BCUT2D eigenvalue weighted by Gasteiger charge is -2.44. The van der Waals surface area contributed by atoms with E-state index in [2.05, 4.69) is 10.2 Å². The van der Waals surface area contributed by atoms with E-state index < -0.39 is 0 Å². The molecule has 1 fully saturated rings. The molecule has 1 unspecified atom stereocenters. The van der Waals surface area contributed by atoms with E-state index in [4.69, 9.17) is 5.73 Å². The molecule has 1 aliphatic rings. The van der Waals surface area contributed by atoms with Gasteiger partial charge in [-0.2, -0.15) is 0 Å². The van der Waals surface area contributed by atoms with Crippen LogP contribution in [0.3, 0.4) is 0 Å². The minimum Gasteiger partial charge on any atom is -0.356 e. The lowest BCUT2D eigenvalue weighted by atomic mass is 9.97. The molecule has 0 radical (unpaired) electrons. The number of hydrogen-bond donors (Lipinski definition) is 2. The molecule has 0 bridgehead atoms. The van der Waals surface area contributed by atoms with Crippen molar-refractivity contribution in [2.75, 3.05) is 18.0 Å². The van der Waals surface area contributed by atoms with Gasteiger partial charge in [-0.25, -0.2) is 0 Å². The van der Waals surface area contributed by atoms with Crippen LogP contribution < -0.4 is 16.0 Å². The normalized spacial score (nSPS) is 23.4. The first-order valence-electron chi connectivity index (χ1n) is 5.87. The van der Waals surface area contributed by atoms with E-state index in [9.17, 15) is 4.79 Å². The van der Waals surface area contributed by atoms with Crippen LogP contribution in [0.15, 0.2) is 30.3 Å². The summed E-state index contributed by atoms with van der Waals surface area (Å²) >= 11 is 0.